The van der Waals surface area contributed by atoms with Gasteiger partial charge in [-0.05, 0) is 27.2 Å². The number of nitrogens with one attached hydrogen (secondary N) is 1. The van der Waals surface area contributed by atoms with Gasteiger partial charge in [-0.2, -0.15) is 0 Å². The molecule has 0 aromatic heterocycles. The van der Waals surface area contributed by atoms with Crippen molar-refractivity contribution >= 4 is 6.09 Å². The molecule has 106 valence electrons. The zero-order valence-corrected chi connectivity index (χ0v) is 11.9. The molecule has 0 bridgehead atoms. The van der Waals surface area contributed by atoms with E-state index in [1.165, 1.54) is 0 Å². The van der Waals surface area contributed by atoms with Gasteiger partial charge in [-0.15, -0.1) is 0 Å². The third kappa shape index (κ3) is 5.23. The van der Waals surface area contributed by atoms with Gasteiger partial charge in [-0.1, -0.05) is 13.3 Å². The second-order valence-corrected chi connectivity index (χ2v) is 5.93. The summed E-state index contributed by atoms with van der Waals surface area (Å²) in [5.74, 6) is 0. The van der Waals surface area contributed by atoms with Crippen molar-refractivity contribution in [2.45, 2.75) is 58.3 Å². The molecule has 0 saturated carbocycles. The van der Waals surface area contributed by atoms with Crippen molar-refractivity contribution < 1.29 is 14.6 Å². The van der Waals surface area contributed by atoms with Crippen LogP contribution >= 0.6 is 0 Å². The summed E-state index contributed by atoms with van der Waals surface area (Å²) in [4.78, 5) is 13.3. The van der Waals surface area contributed by atoms with E-state index in [1.807, 2.05) is 20.8 Å². The number of hydrogen-bond acceptors (Lipinski definition) is 4. The molecule has 1 aliphatic rings. The SMILES string of the molecule is CCCC(O)CNC1CN(C(=O)OC(C)(C)C)C1. The monoisotopic (exact) mass is 258 g/mol. The van der Waals surface area contributed by atoms with E-state index >= 15 is 0 Å². The molecule has 1 atom stereocenters. The highest BCUT2D eigenvalue weighted by molar-refractivity contribution is 5.69. The lowest BCUT2D eigenvalue weighted by Crippen LogP contribution is -2.61. The number of ether oxygens (including phenoxy) is 1. The van der Waals surface area contributed by atoms with Gasteiger partial charge in [0.25, 0.3) is 0 Å². The molecule has 0 radical (unpaired) electrons. The Hall–Kier alpha value is -0.810. The molecule has 0 aromatic rings. The lowest BCUT2D eigenvalue weighted by atomic mass is 10.1. The van der Waals surface area contributed by atoms with E-state index in [1.54, 1.807) is 4.90 Å². The van der Waals surface area contributed by atoms with Crippen LogP contribution in [0.4, 0.5) is 4.79 Å². The first kappa shape index (κ1) is 15.2. The van der Waals surface area contributed by atoms with Gasteiger partial charge in [0.1, 0.15) is 5.60 Å². The molecule has 0 spiro atoms. The number of amides is 1. The van der Waals surface area contributed by atoms with Gasteiger partial charge >= 0.3 is 6.09 Å². The molecule has 1 saturated heterocycles. The third-order valence-corrected chi connectivity index (χ3v) is 2.80. The average Bonchev–Trinajstić information content (AvgIpc) is 2.12. The first-order valence-corrected chi connectivity index (χ1v) is 6.71. The number of aliphatic hydroxyl groups is 1. The second kappa shape index (κ2) is 6.38. The first-order valence-electron chi connectivity index (χ1n) is 6.71. The Balaban J connectivity index is 2.14. The first-order chi connectivity index (χ1) is 8.31. The smallest absolute Gasteiger partial charge is 0.410 e. The van der Waals surface area contributed by atoms with Crippen LogP contribution in [-0.2, 0) is 4.74 Å². The molecule has 1 rings (SSSR count). The summed E-state index contributed by atoms with van der Waals surface area (Å²) in [5.41, 5.74) is -0.438. The molecule has 0 aliphatic carbocycles. The van der Waals surface area contributed by atoms with Crippen molar-refractivity contribution in [1.29, 1.82) is 0 Å². The summed E-state index contributed by atoms with van der Waals surface area (Å²) in [7, 11) is 0. The summed E-state index contributed by atoms with van der Waals surface area (Å²) < 4.78 is 5.26. The Morgan fingerprint density at radius 3 is 2.61 bits per heavy atom. The highest BCUT2D eigenvalue weighted by atomic mass is 16.6. The minimum absolute atomic E-state index is 0.255. The predicted octanol–water partition coefficient (Wildman–Crippen LogP) is 1.36. The van der Waals surface area contributed by atoms with E-state index in [2.05, 4.69) is 12.2 Å². The largest absolute Gasteiger partial charge is 0.444 e. The minimum atomic E-state index is -0.438. The van der Waals surface area contributed by atoms with Crippen LogP contribution in [0.15, 0.2) is 0 Å². The molecular weight excluding hydrogens is 232 g/mol. The molecule has 18 heavy (non-hydrogen) atoms. The summed E-state index contributed by atoms with van der Waals surface area (Å²) in [5, 5.41) is 12.8. The van der Waals surface area contributed by atoms with Gasteiger partial charge in [0, 0.05) is 25.7 Å². The third-order valence-electron chi connectivity index (χ3n) is 2.80. The molecule has 5 nitrogen and oxygen atoms in total. The topological polar surface area (TPSA) is 61.8 Å². The molecular formula is C13H26N2O3. The van der Waals surface area contributed by atoms with Crippen LogP contribution in [-0.4, -0.2) is 53.5 Å². The average molecular weight is 258 g/mol. The highest BCUT2D eigenvalue weighted by Crippen LogP contribution is 2.15. The van der Waals surface area contributed by atoms with Crippen LogP contribution in [0.25, 0.3) is 0 Å². The Morgan fingerprint density at radius 1 is 1.50 bits per heavy atom. The van der Waals surface area contributed by atoms with Crippen molar-refractivity contribution in [2.75, 3.05) is 19.6 Å². The van der Waals surface area contributed by atoms with Crippen LogP contribution in [0.2, 0.25) is 0 Å². The number of nitrogens with zero attached hydrogens (tertiary/aromatic N) is 1. The van der Waals surface area contributed by atoms with E-state index in [0.717, 1.165) is 12.8 Å². The van der Waals surface area contributed by atoms with Gasteiger partial charge in [-0.25, -0.2) is 4.79 Å². The molecule has 1 fully saturated rings. The molecule has 1 heterocycles. The van der Waals surface area contributed by atoms with Gasteiger partial charge in [-0.3, -0.25) is 0 Å². The van der Waals surface area contributed by atoms with E-state index in [-0.39, 0.29) is 18.2 Å². The fourth-order valence-electron chi connectivity index (χ4n) is 1.82. The Bertz CT molecular complexity index is 270. The standard InChI is InChI=1S/C13H26N2O3/c1-5-6-11(16)7-14-10-8-15(9-10)12(17)18-13(2,3)4/h10-11,14,16H,5-9H2,1-4H3. The van der Waals surface area contributed by atoms with Crippen LogP contribution < -0.4 is 5.32 Å². The summed E-state index contributed by atoms with van der Waals surface area (Å²) in [6.07, 6.45) is 1.26. The Morgan fingerprint density at radius 2 is 2.11 bits per heavy atom. The van der Waals surface area contributed by atoms with Crippen molar-refractivity contribution in [3.63, 3.8) is 0 Å². The molecule has 0 aromatic carbocycles. The minimum Gasteiger partial charge on any atom is -0.444 e. The normalized spacial score (nSPS) is 18.4. The number of carbonyl (C=O) groups excluding carboxylic acids is 1. The van der Waals surface area contributed by atoms with Gasteiger partial charge in [0.05, 0.1) is 6.10 Å². The number of likely N-dealkylation sites (tertiary alicyclic amines) is 1. The zero-order chi connectivity index (χ0) is 13.8. The summed E-state index contributed by atoms with van der Waals surface area (Å²) >= 11 is 0. The van der Waals surface area contributed by atoms with E-state index in [9.17, 15) is 9.90 Å². The van der Waals surface area contributed by atoms with Crippen molar-refractivity contribution in [3.8, 4) is 0 Å². The number of rotatable bonds is 5. The molecule has 1 aliphatic heterocycles. The Kier molecular flexibility index (Phi) is 5.41. The quantitative estimate of drug-likeness (QED) is 0.781. The fraction of sp³-hybridized carbons (Fsp3) is 0.923. The maximum Gasteiger partial charge on any atom is 0.410 e. The number of carbonyl (C=O) groups is 1. The number of hydrogen-bond donors (Lipinski definition) is 2. The van der Waals surface area contributed by atoms with E-state index in [4.69, 9.17) is 4.74 Å². The van der Waals surface area contributed by atoms with Crippen molar-refractivity contribution in [1.82, 2.24) is 10.2 Å². The summed E-state index contributed by atoms with van der Waals surface area (Å²) in [6, 6.07) is 0.282. The Labute approximate surface area is 109 Å². The molecule has 5 heteroatoms. The van der Waals surface area contributed by atoms with E-state index in [0.29, 0.717) is 19.6 Å². The molecule has 1 unspecified atom stereocenters. The van der Waals surface area contributed by atoms with Crippen LogP contribution in [0.3, 0.4) is 0 Å². The van der Waals surface area contributed by atoms with Crippen LogP contribution in [0.1, 0.15) is 40.5 Å². The molecule has 2 N–H and O–H groups in total. The zero-order valence-electron chi connectivity index (χ0n) is 11.9. The molecule has 1 amide bonds. The highest BCUT2D eigenvalue weighted by Gasteiger charge is 2.33. The van der Waals surface area contributed by atoms with Crippen LogP contribution in [0, 0.1) is 0 Å². The lowest BCUT2D eigenvalue weighted by molar-refractivity contribution is 0.00415. The van der Waals surface area contributed by atoms with Gasteiger partial charge < -0.3 is 20.1 Å². The van der Waals surface area contributed by atoms with E-state index < -0.39 is 5.60 Å². The predicted molar refractivity (Wildman–Crippen MR) is 70.5 cm³/mol. The summed E-state index contributed by atoms with van der Waals surface area (Å²) in [6.45, 7) is 9.56. The number of aliphatic hydroxyl groups excluding tert-OH is 1. The second-order valence-electron chi connectivity index (χ2n) is 5.93. The van der Waals surface area contributed by atoms with Gasteiger partial charge in [0.2, 0.25) is 0 Å². The van der Waals surface area contributed by atoms with Crippen molar-refractivity contribution in [2.24, 2.45) is 0 Å². The van der Waals surface area contributed by atoms with Crippen molar-refractivity contribution in [3.05, 3.63) is 0 Å². The van der Waals surface area contributed by atoms with Gasteiger partial charge in [0.15, 0.2) is 0 Å². The van der Waals surface area contributed by atoms with Crippen LogP contribution in [0.5, 0.6) is 0 Å². The maximum atomic E-state index is 11.7. The maximum absolute atomic E-state index is 11.7. The lowest BCUT2D eigenvalue weighted by Gasteiger charge is -2.40. The fourth-order valence-corrected chi connectivity index (χ4v) is 1.82.